The van der Waals surface area contributed by atoms with Gasteiger partial charge in [0.1, 0.15) is 34.5 Å². The summed E-state index contributed by atoms with van der Waals surface area (Å²) in [6.07, 6.45) is 0.751. The summed E-state index contributed by atoms with van der Waals surface area (Å²) in [6, 6.07) is 23.6. The molecule has 1 heterocycles. The van der Waals surface area contributed by atoms with E-state index in [1.807, 2.05) is 100 Å². The molecule has 4 rings (SSSR count). The van der Waals surface area contributed by atoms with Crippen molar-refractivity contribution < 1.29 is 13.9 Å². The van der Waals surface area contributed by atoms with Crippen molar-refractivity contribution in [3.05, 3.63) is 83.9 Å². The van der Waals surface area contributed by atoms with Gasteiger partial charge in [0.15, 0.2) is 0 Å². The lowest BCUT2D eigenvalue weighted by Gasteiger charge is -2.12. The molecule has 4 aromatic rings. The number of ether oxygens (including phenoxy) is 2. The molecule has 0 aliphatic rings. The minimum Gasteiger partial charge on any atom is -0.493 e. The molecule has 0 bridgehead atoms. The maximum absolute atomic E-state index is 8.22. The van der Waals surface area contributed by atoms with E-state index in [0.29, 0.717) is 24.9 Å². The Kier molecular flexibility index (Phi) is 8.69. The van der Waals surface area contributed by atoms with E-state index in [4.69, 9.17) is 24.7 Å². The molecule has 0 saturated carbocycles. The van der Waals surface area contributed by atoms with Crippen molar-refractivity contribution in [3.63, 3.8) is 0 Å². The van der Waals surface area contributed by atoms with Crippen LogP contribution in [0.4, 0.5) is 0 Å². The molecule has 0 saturated heterocycles. The van der Waals surface area contributed by atoms with Crippen molar-refractivity contribution in [2.24, 2.45) is 0 Å². The molecule has 1 aromatic heterocycles. The average molecular weight is 513 g/mol. The zero-order valence-electron chi connectivity index (χ0n) is 22.4. The monoisotopic (exact) mass is 512 g/mol. The van der Waals surface area contributed by atoms with E-state index in [0.717, 1.165) is 51.3 Å². The normalized spacial score (nSPS) is 11.1. The maximum atomic E-state index is 8.22. The Morgan fingerprint density at radius 2 is 1.24 bits per heavy atom. The fourth-order valence-electron chi connectivity index (χ4n) is 3.96. The summed E-state index contributed by atoms with van der Waals surface area (Å²) >= 11 is 0. The number of nitrogens with one attached hydrogen (secondary N) is 4. The van der Waals surface area contributed by atoms with Crippen molar-refractivity contribution in [1.29, 1.82) is 10.8 Å². The number of hydrogen-bond donors (Lipinski definition) is 4. The fourth-order valence-corrected chi connectivity index (χ4v) is 3.96. The van der Waals surface area contributed by atoms with E-state index in [-0.39, 0.29) is 12.1 Å². The first-order chi connectivity index (χ1) is 18.3. The average Bonchev–Trinajstić information content (AvgIpc) is 3.32. The summed E-state index contributed by atoms with van der Waals surface area (Å²) in [7, 11) is 0. The van der Waals surface area contributed by atoms with Crippen molar-refractivity contribution in [3.8, 4) is 22.8 Å². The Labute approximate surface area is 224 Å². The van der Waals surface area contributed by atoms with E-state index in [9.17, 15) is 0 Å². The van der Waals surface area contributed by atoms with Crippen molar-refractivity contribution >= 4 is 22.6 Å². The fraction of sp³-hybridized carbons (Fsp3) is 0.290. The van der Waals surface area contributed by atoms with Crippen LogP contribution >= 0.6 is 0 Å². The van der Waals surface area contributed by atoms with E-state index in [1.165, 1.54) is 0 Å². The Bertz CT molecular complexity index is 1370. The van der Waals surface area contributed by atoms with Crippen LogP contribution in [0.5, 0.6) is 11.5 Å². The minimum atomic E-state index is 0.207. The Morgan fingerprint density at radius 1 is 0.711 bits per heavy atom. The first-order valence-corrected chi connectivity index (χ1v) is 13.0. The lowest BCUT2D eigenvalue weighted by atomic mass is 10.1. The van der Waals surface area contributed by atoms with Crippen LogP contribution in [0.25, 0.3) is 22.3 Å². The third kappa shape index (κ3) is 7.16. The van der Waals surface area contributed by atoms with Gasteiger partial charge in [0.05, 0.1) is 13.2 Å². The Morgan fingerprint density at radius 3 is 1.82 bits per heavy atom. The van der Waals surface area contributed by atoms with Gasteiger partial charge in [-0.3, -0.25) is 10.8 Å². The lowest BCUT2D eigenvalue weighted by molar-refractivity contribution is 0.247. The zero-order valence-corrected chi connectivity index (χ0v) is 22.4. The first-order valence-electron chi connectivity index (χ1n) is 13.0. The van der Waals surface area contributed by atoms with Crippen LogP contribution in [0.15, 0.2) is 77.2 Å². The number of hydrogen-bond acceptors (Lipinski definition) is 5. The molecule has 0 aliphatic heterocycles. The number of fused-ring (bicyclic) bond motifs is 1. The first kappa shape index (κ1) is 26.8. The number of rotatable bonds is 11. The predicted octanol–water partition coefficient (Wildman–Crippen LogP) is 6.59. The highest BCUT2D eigenvalue weighted by Crippen LogP contribution is 2.29. The van der Waals surface area contributed by atoms with Crippen molar-refractivity contribution in [2.75, 3.05) is 13.2 Å². The van der Waals surface area contributed by atoms with E-state index in [2.05, 4.69) is 10.6 Å². The molecule has 38 heavy (non-hydrogen) atoms. The minimum absolute atomic E-state index is 0.207. The van der Waals surface area contributed by atoms with Gasteiger partial charge in [-0.05, 0) is 100 Å². The third-order valence-electron chi connectivity index (χ3n) is 5.78. The van der Waals surface area contributed by atoms with Crippen molar-refractivity contribution in [1.82, 2.24) is 10.6 Å². The van der Waals surface area contributed by atoms with Gasteiger partial charge in [0.2, 0.25) is 0 Å². The second kappa shape index (κ2) is 12.3. The topological polar surface area (TPSA) is 103 Å². The van der Waals surface area contributed by atoms with E-state index >= 15 is 0 Å². The second-order valence-corrected chi connectivity index (χ2v) is 9.81. The van der Waals surface area contributed by atoms with Gasteiger partial charge >= 0.3 is 0 Å². The van der Waals surface area contributed by atoms with Gasteiger partial charge in [-0.15, -0.1) is 0 Å². The molecule has 3 aromatic carbocycles. The van der Waals surface area contributed by atoms with E-state index < -0.39 is 0 Å². The highest BCUT2D eigenvalue weighted by molar-refractivity contribution is 6.00. The highest BCUT2D eigenvalue weighted by atomic mass is 16.5. The summed E-state index contributed by atoms with van der Waals surface area (Å²) in [5.74, 6) is 3.17. The molecule has 0 unspecified atom stereocenters. The summed E-state index contributed by atoms with van der Waals surface area (Å²) in [5, 5.41) is 23.5. The number of benzene rings is 3. The molecule has 7 heteroatoms. The van der Waals surface area contributed by atoms with Crippen LogP contribution in [0.2, 0.25) is 0 Å². The zero-order chi connectivity index (χ0) is 27.1. The quantitative estimate of drug-likeness (QED) is 0.103. The molecule has 0 spiro atoms. The van der Waals surface area contributed by atoms with Crippen LogP contribution in [0.1, 0.15) is 45.2 Å². The molecule has 0 radical (unpaired) electrons. The van der Waals surface area contributed by atoms with Crippen LogP contribution < -0.4 is 20.1 Å². The van der Waals surface area contributed by atoms with Crippen LogP contribution in [-0.4, -0.2) is 37.0 Å². The summed E-state index contributed by atoms with van der Waals surface area (Å²) in [4.78, 5) is 0. The largest absolute Gasteiger partial charge is 0.493 e. The summed E-state index contributed by atoms with van der Waals surface area (Å²) < 4.78 is 17.7. The molecule has 0 amide bonds. The van der Waals surface area contributed by atoms with E-state index in [1.54, 1.807) is 0 Å². The molecule has 0 aliphatic carbocycles. The SMILES string of the molecule is CC(C)NC(=N)c1ccc(OCCCOc2ccc(-c3cc4cc(C(=N)NC(C)C)ccc4o3)cc2)cc1. The van der Waals surface area contributed by atoms with Gasteiger partial charge < -0.3 is 24.5 Å². The van der Waals surface area contributed by atoms with Crippen LogP contribution in [0, 0.1) is 10.8 Å². The second-order valence-electron chi connectivity index (χ2n) is 9.81. The van der Waals surface area contributed by atoms with Gasteiger partial charge in [-0.2, -0.15) is 0 Å². The third-order valence-corrected chi connectivity index (χ3v) is 5.78. The Balaban J connectivity index is 1.25. The molecular weight excluding hydrogens is 476 g/mol. The maximum Gasteiger partial charge on any atom is 0.135 e. The Hall–Kier alpha value is -4.26. The lowest BCUT2D eigenvalue weighted by Crippen LogP contribution is -2.30. The molecule has 4 N–H and O–H groups in total. The van der Waals surface area contributed by atoms with Gasteiger partial charge in [-0.25, -0.2) is 0 Å². The van der Waals surface area contributed by atoms with Crippen LogP contribution in [-0.2, 0) is 0 Å². The molecule has 198 valence electrons. The number of furan rings is 1. The smallest absolute Gasteiger partial charge is 0.135 e. The number of amidine groups is 2. The predicted molar refractivity (Wildman–Crippen MR) is 154 cm³/mol. The summed E-state index contributed by atoms with van der Waals surface area (Å²) in [6.45, 7) is 9.16. The van der Waals surface area contributed by atoms with Crippen LogP contribution in [0.3, 0.4) is 0 Å². The standard InChI is InChI=1S/C31H36N4O3/c1-20(2)34-30(32)23-8-13-27(14-9-23)37-17-5-16-36-26-11-6-22(7-12-26)29-19-25-18-24(10-15-28(25)38-29)31(33)35-21(3)4/h6-15,18-21H,5,16-17H2,1-4H3,(H2,32,34)(H2,33,35). The van der Waals surface area contributed by atoms with Gasteiger partial charge in [0.25, 0.3) is 0 Å². The highest BCUT2D eigenvalue weighted by Gasteiger charge is 2.10. The molecule has 7 nitrogen and oxygen atoms in total. The molecule has 0 fully saturated rings. The van der Waals surface area contributed by atoms with Gasteiger partial charge in [0, 0.05) is 40.6 Å². The van der Waals surface area contributed by atoms with Crippen molar-refractivity contribution in [2.45, 2.75) is 46.2 Å². The summed E-state index contributed by atoms with van der Waals surface area (Å²) in [5.41, 5.74) is 3.43. The molecule has 0 atom stereocenters. The van der Waals surface area contributed by atoms with Gasteiger partial charge in [-0.1, -0.05) is 0 Å². The molecular formula is C31H36N4O3.